The van der Waals surface area contributed by atoms with Gasteiger partial charge in [-0.05, 0) is 37.1 Å². The molecule has 32 heavy (non-hydrogen) atoms. The third kappa shape index (κ3) is 5.29. The number of ether oxygens (including phenoxy) is 1. The van der Waals surface area contributed by atoms with E-state index in [-0.39, 0.29) is 18.3 Å². The SMILES string of the molecule is CCSc1nc(N2CCCCC2)c2cnn(CCNC(=O)COc3ccccc3F)c2n1. The molecule has 1 amide bonds. The summed E-state index contributed by atoms with van der Waals surface area (Å²) >= 11 is 1.61. The fraction of sp³-hybridized carbons (Fsp3) is 0.455. The van der Waals surface area contributed by atoms with Crippen molar-refractivity contribution in [1.29, 1.82) is 0 Å². The first-order valence-electron chi connectivity index (χ1n) is 10.9. The van der Waals surface area contributed by atoms with Crippen LogP contribution in [0.3, 0.4) is 0 Å². The second-order valence-corrected chi connectivity index (χ2v) is 8.72. The summed E-state index contributed by atoms with van der Waals surface area (Å²) in [5.74, 6) is 1.07. The van der Waals surface area contributed by atoms with Crippen molar-refractivity contribution in [3.8, 4) is 5.75 Å². The summed E-state index contributed by atoms with van der Waals surface area (Å²) in [6.07, 6.45) is 5.39. The number of piperidine rings is 1. The summed E-state index contributed by atoms with van der Waals surface area (Å²) in [6.45, 7) is 4.63. The van der Waals surface area contributed by atoms with Crippen LogP contribution in [0.2, 0.25) is 0 Å². The van der Waals surface area contributed by atoms with Crippen LogP contribution in [0.15, 0.2) is 35.6 Å². The minimum Gasteiger partial charge on any atom is -0.481 e. The van der Waals surface area contributed by atoms with Crippen LogP contribution in [0.5, 0.6) is 5.75 Å². The number of carbonyl (C=O) groups is 1. The molecule has 0 bridgehead atoms. The first-order chi connectivity index (χ1) is 15.7. The van der Waals surface area contributed by atoms with E-state index in [9.17, 15) is 9.18 Å². The van der Waals surface area contributed by atoms with Gasteiger partial charge in [0.1, 0.15) is 5.82 Å². The molecule has 0 spiro atoms. The van der Waals surface area contributed by atoms with Gasteiger partial charge in [0.15, 0.2) is 29.0 Å². The van der Waals surface area contributed by atoms with Gasteiger partial charge in [0.25, 0.3) is 5.91 Å². The van der Waals surface area contributed by atoms with E-state index in [0.29, 0.717) is 13.1 Å². The number of aromatic nitrogens is 4. The number of carbonyl (C=O) groups excluding carboxylic acids is 1. The maximum absolute atomic E-state index is 13.6. The van der Waals surface area contributed by atoms with E-state index < -0.39 is 5.82 Å². The van der Waals surface area contributed by atoms with Crippen molar-refractivity contribution in [2.45, 2.75) is 37.9 Å². The van der Waals surface area contributed by atoms with Gasteiger partial charge in [-0.2, -0.15) is 5.10 Å². The van der Waals surface area contributed by atoms with Crippen LogP contribution in [0, 0.1) is 5.82 Å². The highest BCUT2D eigenvalue weighted by Gasteiger charge is 2.20. The van der Waals surface area contributed by atoms with Crippen LogP contribution in [0.25, 0.3) is 11.0 Å². The third-order valence-corrected chi connectivity index (χ3v) is 5.96. The standard InChI is InChI=1S/C22H27FN6O2S/c1-2-32-22-26-20(28-11-6-3-7-12-28)16-14-25-29(21(16)27-22)13-10-24-19(30)15-31-18-9-5-4-8-17(18)23/h4-5,8-9,14H,2-3,6-7,10-13,15H2,1H3,(H,24,30). The van der Waals surface area contributed by atoms with Gasteiger partial charge >= 0.3 is 0 Å². The van der Waals surface area contributed by atoms with Gasteiger partial charge in [-0.25, -0.2) is 19.0 Å². The van der Waals surface area contributed by atoms with Crippen LogP contribution in [0.4, 0.5) is 10.2 Å². The molecule has 3 heterocycles. The molecule has 1 aromatic carbocycles. The Bertz CT molecular complexity index is 1070. The Kier molecular flexibility index (Phi) is 7.41. The topological polar surface area (TPSA) is 85.2 Å². The second kappa shape index (κ2) is 10.6. The van der Waals surface area contributed by atoms with Gasteiger partial charge in [-0.1, -0.05) is 30.8 Å². The van der Waals surface area contributed by atoms with Gasteiger partial charge in [0.05, 0.1) is 18.1 Å². The lowest BCUT2D eigenvalue weighted by atomic mass is 10.1. The van der Waals surface area contributed by atoms with E-state index in [1.807, 2.05) is 6.20 Å². The van der Waals surface area contributed by atoms with Crippen molar-refractivity contribution in [3.05, 3.63) is 36.3 Å². The van der Waals surface area contributed by atoms with Gasteiger partial charge in [0, 0.05) is 19.6 Å². The zero-order chi connectivity index (χ0) is 22.3. The number of benzene rings is 1. The number of thioether (sulfide) groups is 1. The maximum atomic E-state index is 13.6. The number of nitrogens with one attached hydrogen (secondary N) is 1. The molecule has 1 fully saturated rings. The minimum absolute atomic E-state index is 0.0589. The number of nitrogens with zero attached hydrogens (tertiary/aromatic N) is 5. The third-order valence-electron chi connectivity index (χ3n) is 5.23. The second-order valence-electron chi connectivity index (χ2n) is 7.48. The minimum atomic E-state index is -0.492. The van der Waals surface area contributed by atoms with Gasteiger partial charge in [-0.3, -0.25) is 4.79 Å². The number of hydrogen-bond acceptors (Lipinski definition) is 7. The normalized spacial score (nSPS) is 14.0. The zero-order valence-electron chi connectivity index (χ0n) is 18.1. The van der Waals surface area contributed by atoms with Crippen LogP contribution in [-0.2, 0) is 11.3 Å². The summed E-state index contributed by atoms with van der Waals surface area (Å²) < 4.78 is 20.6. The Morgan fingerprint density at radius 3 is 2.81 bits per heavy atom. The zero-order valence-corrected chi connectivity index (χ0v) is 18.9. The highest BCUT2D eigenvalue weighted by Crippen LogP contribution is 2.29. The number of hydrogen-bond donors (Lipinski definition) is 1. The Hall–Kier alpha value is -2.88. The molecule has 0 aliphatic carbocycles. The van der Waals surface area contributed by atoms with Crippen molar-refractivity contribution >= 4 is 34.5 Å². The molecule has 1 aliphatic rings. The number of fused-ring (bicyclic) bond motifs is 1. The lowest BCUT2D eigenvalue weighted by Gasteiger charge is -2.28. The lowest BCUT2D eigenvalue weighted by molar-refractivity contribution is -0.123. The maximum Gasteiger partial charge on any atom is 0.258 e. The molecule has 1 saturated heterocycles. The van der Waals surface area contributed by atoms with Gasteiger partial charge < -0.3 is 15.0 Å². The predicted molar refractivity (Wildman–Crippen MR) is 123 cm³/mol. The highest BCUT2D eigenvalue weighted by molar-refractivity contribution is 7.99. The Morgan fingerprint density at radius 1 is 1.22 bits per heavy atom. The summed E-state index contributed by atoms with van der Waals surface area (Å²) in [7, 11) is 0. The molecule has 0 saturated carbocycles. The van der Waals surface area contributed by atoms with Gasteiger partial charge in [0.2, 0.25) is 0 Å². The number of anilines is 1. The van der Waals surface area contributed by atoms with Gasteiger partial charge in [-0.15, -0.1) is 0 Å². The average Bonchev–Trinajstić information content (AvgIpc) is 3.22. The van der Waals surface area contributed by atoms with E-state index in [4.69, 9.17) is 14.7 Å². The lowest BCUT2D eigenvalue weighted by Crippen LogP contribution is -2.32. The molecule has 1 N–H and O–H groups in total. The molecule has 0 atom stereocenters. The molecule has 2 aromatic heterocycles. The summed E-state index contributed by atoms with van der Waals surface area (Å²) in [5, 5.41) is 8.96. The van der Waals surface area contributed by atoms with Crippen LogP contribution >= 0.6 is 11.8 Å². The number of halogens is 1. The monoisotopic (exact) mass is 458 g/mol. The molecule has 1 aliphatic heterocycles. The molecule has 8 nitrogen and oxygen atoms in total. The highest BCUT2D eigenvalue weighted by atomic mass is 32.2. The molecule has 4 rings (SSSR count). The van der Waals surface area contributed by atoms with E-state index in [1.54, 1.807) is 28.6 Å². The first-order valence-corrected chi connectivity index (χ1v) is 11.9. The largest absolute Gasteiger partial charge is 0.481 e. The molecular weight excluding hydrogens is 431 g/mol. The van der Waals surface area contributed by atoms with E-state index in [0.717, 1.165) is 53.7 Å². The molecule has 0 radical (unpaired) electrons. The van der Waals surface area contributed by atoms with E-state index in [2.05, 4.69) is 22.2 Å². The number of amides is 1. The van der Waals surface area contributed by atoms with Crippen molar-refractivity contribution in [1.82, 2.24) is 25.1 Å². The molecule has 10 heteroatoms. The molecule has 3 aromatic rings. The van der Waals surface area contributed by atoms with Crippen LogP contribution < -0.4 is 15.0 Å². The van der Waals surface area contributed by atoms with Crippen molar-refractivity contribution < 1.29 is 13.9 Å². The summed E-state index contributed by atoms with van der Waals surface area (Å²) in [4.78, 5) is 23.9. The summed E-state index contributed by atoms with van der Waals surface area (Å²) in [6, 6.07) is 6.01. The summed E-state index contributed by atoms with van der Waals surface area (Å²) in [5.41, 5.74) is 0.772. The number of rotatable bonds is 9. The number of para-hydroxylation sites is 1. The Labute approximate surface area is 190 Å². The molecular formula is C22H27FN6O2S. The van der Waals surface area contributed by atoms with Crippen molar-refractivity contribution in [3.63, 3.8) is 0 Å². The van der Waals surface area contributed by atoms with E-state index >= 15 is 0 Å². The van der Waals surface area contributed by atoms with Crippen LogP contribution in [-0.4, -0.2) is 57.6 Å². The van der Waals surface area contributed by atoms with E-state index in [1.165, 1.54) is 18.6 Å². The fourth-order valence-corrected chi connectivity index (χ4v) is 4.24. The Morgan fingerprint density at radius 2 is 2.03 bits per heavy atom. The van der Waals surface area contributed by atoms with Crippen molar-refractivity contribution in [2.24, 2.45) is 0 Å². The van der Waals surface area contributed by atoms with Crippen LogP contribution in [0.1, 0.15) is 26.2 Å². The predicted octanol–water partition coefficient (Wildman–Crippen LogP) is 3.26. The smallest absolute Gasteiger partial charge is 0.258 e. The Balaban J connectivity index is 1.41. The molecule has 170 valence electrons. The quantitative estimate of drug-likeness (QED) is 0.389. The van der Waals surface area contributed by atoms with Crippen molar-refractivity contribution in [2.75, 3.05) is 36.9 Å². The average molecular weight is 459 g/mol. The fourth-order valence-electron chi connectivity index (χ4n) is 3.68. The first kappa shape index (κ1) is 22.3. The molecule has 0 unspecified atom stereocenters.